The third-order valence-electron chi connectivity index (χ3n) is 4.26. The maximum atomic E-state index is 13.0. The van der Waals surface area contributed by atoms with E-state index in [1.165, 1.54) is 4.31 Å². The Morgan fingerprint density at radius 3 is 2.76 bits per heavy atom. The fraction of sp³-hybridized carbons (Fsp3) is 0.333. The SMILES string of the molecule is CCN(Cc1ccccn1)S(=O)(=O)c1ccc2c(c1)CCCC(=O)N2. The summed E-state index contributed by atoms with van der Waals surface area (Å²) in [6.07, 6.45) is 3.51. The maximum absolute atomic E-state index is 13.0. The molecule has 1 amide bonds. The highest BCUT2D eigenvalue weighted by Crippen LogP contribution is 2.27. The number of amides is 1. The topological polar surface area (TPSA) is 79.4 Å². The molecule has 1 aromatic carbocycles. The summed E-state index contributed by atoms with van der Waals surface area (Å²) in [6.45, 7) is 2.39. The zero-order valence-electron chi connectivity index (χ0n) is 14.1. The highest BCUT2D eigenvalue weighted by Gasteiger charge is 2.25. The number of nitrogens with one attached hydrogen (secondary N) is 1. The van der Waals surface area contributed by atoms with Crippen molar-refractivity contribution in [2.45, 2.75) is 37.6 Å². The van der Waals surface area contributed by atoms with Crippen LogP contribution >= 0.6 is 0 Å². The summed E-state index contributed by atoms with van der Waals surface area (Å²) >= 11 is 0. The van der Waals surface area contributed by atoms with Gasteiger partial charge in [0.25, 0.3) is 0 Å². The minimum absolute atomic E-state index is 0.0281. The fourth-order valence-electron chi connectivity index (χ4n) is 2.90. The minimum Gasteiger partial charge on any atom is -0.326 e. The second kappa shape index (κ2) is 7.33. The molecule has 132 valence electrons. The highest BCUT2D eigenvalue weighted by molar-refractivity contribution is 7.89. The number of carbonyl (C=O) groups is 1. The zero-order valence-corrected chi connectivity index (χ0v) is 14.9. The Labute approximate surface area is 147 Å². The second-order valence-electron chi connectivity index (χ2n) is 5.97. The number of hydrogen-bond acceptors (Lipinski definition) is 4. The molecule has 7 heteroatoms. The third kappa shape index (κ3) is 3.88. The van der Waals surface area contributed by atoms with Crippen LogP contribution < -0.4 is 5.32 Å². The van der Waals surface area contributed by atoms with E-state index >= 15 is 0 Å². The van der Waals surface area contributed by atoms with Gasteiger partial charge in [0.2, 0.25) is 15.9 Å². The summed E-state index contributed by atoms with van der Waals surface area (Å²) < 4.78 is 27.4. The lowest BCUT2D eigenvalue weighted by molar-refractivity contribution is -0.116. The Kier molecular flexibility index (Phi) is 5.15. The molecule has 2 heterocycles. The molecule has 0 radical (unpaired) electrons. The normalized spacial score (nSPS) is 14.7. The molecule has 1 aliphatic heterocycles. The van der Waals surface area contributed by atoms with E-state index in [0.717, 1.165) is 5.56 Å². The van der Waals surface area contributed by atoms with E-state index in [9.17, 15) is 13.2 Å². The first-order valence-electron chi connectivity index (χ1n) is 8.33. The van der Waals surface area contributed by atoms with Crippen molar-refractivity contribution in [2.24, 2.45) is 0 Å². The van der Waals surface area contributed by atoms with Crippen molar-refractivity contribution in [3.63, 3.8) is 0 Å². The standard InChI is InChI=1S/C18H21N3O3S/c1-2-21(13-15-7-3-4-11-19-15)25(23,24)16-9-10-17-14(12-16)6-5-8-18(22)20-17/h3-4,7,9-12H,2,5-6,8,13H2,1H3,(H,20,22). The Morgan fingerprint density at radius 2 is 2.04 bits per heavy atom. The van der Waals surface area contributed by atoms with Crippen LogP contribution in [0.5, 0.6) is 0 Å². The van der Waals surface area contributed by atoms with E-state index in [1.807, 2.05) is 19.1 Å². The van der Waals surface area contributed by atoms with Crippen LogP contribution in [-0.4, -0.2) is 30.2 Å². The summed E-state index contributed by atoms with van der Waals surface area (Å²) in [5.74, 6) is -0.0281. The fourth-order valence-corrected chi connectivity index (χ4v) is 4.37. The van der Waals surface area contributed by atoms with E-state index < -0.39 is 10.0 Å². The molecule has 6 nitrogen and oxygen atoms in total. The lowest BCUT2D eigenvalue weighted by Crippen LogP contribution is -2.30. The van der Waals surface area contributed by atoms with Crippen molar-refractivity contribution in [1.82, 2.24) is 9.29 Å². The zero-order chi connectivity index (χ0) is 17.9. The predicted octanol–water partition coefficient (Wildman–Crippen LogP) is 2.57. The van der Waals surface area contributed by atoms with E-state index in [4.69, 9.17) is 0 Å². The smallest absolute Gasteiger partial charge is 0.243 e. The van der Waals surface area contributed by atoms with Gasteiger partial charge in [0, 0.05) is 24.8 Å². The van der Waals surface area contributed by atoms with Crippen molar-refractivity contribution in [2.75, 3.05) is 11.9 Å². The number of sulfonamides is 1. The summed E-state index contributed by atoms with van der Waals surface area (Å²) in [7, 11) is -3.63. The number of hydrogen-bond donors (Lipinski definition) is 1. The van der Waals surface area contributed by atoms with Gasteiger partial charge in [-0.05, 0) is 48.7 Å². The minimum atomic E-state index is -3.63. The van der Waals surface area contributed by atoms with E-state index in [-0.39, 0.29) is 17.3 Å². The number of nitrogens with zero attached hydrogens (tertiary/aromatic N) is 2. The molecule has 0 spiro atoms. The van der Waals surface area contributed by atoms with Crippen LogP contribution in [0.25, 0.3) is 0 Å². The lowest BCUT2D eigenvalue weighted by Gasteiger charge is -2.21. The van der Waals surface area contributed by atoms with Crippen molar-refractivity contribution in [3.8, 4) is 0 Å². The molecular weight excluding hydrogens is 338 g/mol. The maximum Gasteiger partial charge on any atom is 0.243 e. The van der Waals surface area contributed by atoms with Crippen LogP contribution in [-0.2, 0) is 27.8 Å². The van der Waals surface area contributed by atoms with Gasteiger partial charge < -0.3 is 5.32 Å². The van der Waals surface area contributed by atoms with Crippen LogP contribution in [0.2, 0.25) is 0 Å². The number of rotatable bonds is 5. The van der Waals surface area contributed by atoms with Gasteiger partial charge >= 0.3 is 0 Å². The molecule has 1 aromatic heterocycles. The number of aromatic nitrogens is 1. The number of carbonyl (C=O) groups excluding carboxylic acids is 1. The number of pyridine rings is 1. The number of anilines is 1. The van der Waals surface area contributed by atoms with Gasteiger partial charge in [-0.15, -0.1) is 0 Å². The van der Waals surface area contributed by atoms with Crippen molar-refractivity contribution < 1.29 is 13.2 Å². The molecular formula is C18H21N3O3S. The van der Waals surface area contributed by atoms with Crippen molar-refractivity contribution >= 4 is 21.6 Å². The molecule has 25 heavy (non-hydrogen) atoms. The van der Waals surface area contributed by atoms with Gasteiger partial charge in [-0.25, -0.2) is 8.42 Å². The lowest BCUT2D eigenvalue weighted by atomic mass is 10.1. The van der Waals surface area contributed by atoms with Crippen LogP contribution in [0.15, 0.2) is 47.5 Å². The van der Waals surface area contributed by atoms with Crippen LogP contribution in [0.4, 0.5) is 5.69 Å². The highest BCUT2D eigenvalue weighted by atomic mass is 32.2. The Bertz CT molecular complexity index is 866. The van der Waals surface area contributed by atoms with Gasteiger partial charge in [0.15, 0.2) is 0 Å². The average Bonchev–Trinajstić information content (AvgIpc) is 2.80. The largest absolute Gasteiger partial charge is 0.326 e. The average molecular weight is 359 g/mol. The number of fused-ring (bicyclic) bond motifs is 1. The van der Waals surface area contributed by atoms with Crippen LogP contribution in [0, 0.1) is 0 Å². The first-order chi connectivity index (χ1) is 12.0. The molecule has 0 atom stereocenters. The Balaban J connectivity index is 1.90. The first kappa shape index (κ1) is 17.6. The molecule has 0 saturated heterocycles. The van der Waals surface area contributed by atoms with Crippen LogP contribution in [0.1, 0.15) is 31.0 Å². The van der Waals surface area contributed by atoms with Crippen molar-refractivity contribution in [3.05, 3.63) is 53.9 Å². The predicted molar refractivity (Wildman–Crippen MR) is 95.5 cm³/mol. The quantitative estimate of drug-likeness (QED) is 0.890. The Morgan fingerprint density at radius 1 is 1.20 bits per heavy atom. The van der Waals surface area contributed by atoms with Gasteiger partial charge in [0.1, 0.15) is 0 Å². The van der Waals surface area contributed by atoms with E-state index in [2.05, 4.69) is 10.3 Å². The van der Waals surface area contributed by atoms with Gasteiger partial charge in [0.05, 0.1) is 17.1 Å². The third-order valence-corrected chi connectivity index (χ3v) is 6.17. The molecule has 0 bridgehead atoms. The molecule has 3 rings (SSSR count). The summed E-state index contributed by atoms with van der Waals surface area (Å²) in [4.78, 5) is 16.1. The summed E-state index contributed by atoms with van der Waals surface area (Å²) in [5.41, 5.74) is 2.27. The molecule has 2 aromatic rings. The molecule has 0 fully saturated rings. The number of benzene rings is 1. The van der Waals surface area contributed by atoms with Gasteiger partial charge in [-0.3, -0.25) is 9.78 Å². The first-order valence-corrected chi connectivity index (χ1v) is 9.77. The number of aryl methyl sites for hydroxylation is 1. The molecule has 0 aliphatic carbocycles. The second-order valence-corrected chi connectivity index (χ2v) is 7.91. The van der Waals surface area contributed by atoms with E-state index in [0.29, 0.717) is 37.2 Å². The van der Waals surface area contributed by atoms with Crippen LogP contribution in [0.3, 0.4) is 0 Å². The molecule has 1 N–H and O–H groups in total. The van der Waals surface area contributed by atoms with Crippen molar-refractivity contribution in [1.29, 1.82) is 0 Å². The summed E-state index contributed by atoms with van der Waals surface area (Å²) in [5, 5.41) is 2.83. The molecule has 1 aliphatic rings. The molecule has 0 saturated carbocycles. The van der Waals surface area contributed by atoms with E-state index in [1.54, 1.807) is 30.5 Å². The molecule has 0 unspecified atom stereocenters. The Hall–Kier alpha value is -2.25. The van der Waals surface area contributed by atoms with Gasteiger partial charge in [-0.1, -0.05) is 13.0 Å². The summed E-state index contributed by atoms with van der Waals surface area (Å²) in [6, 6.07) is 10.4. The monoisotopic (exact) mass is 359 g/mol. The van der Waals surface area contributed by atoms with Gasteiger partial charge in [-0.2, -0.15) is 4.31 Å².